The highest BCUT2D eigenvalue weighted by Crippen LogP contribution is 2.26. The minimum absolute atomic E-state index is 0.305. The van der Waals surface area contributed by atoms with Gasteiger partial charge in [0, 0.05) is 17.3 Å². The molecule has 0 atom stereocenters. The first-order valence-electron chi connectivity index (χ1n) is 10.8. The Bertz CT molecular complexity index is 1320. The van der Waals surface area contributed by atoms with Crippen LogP contribution >= 0.6 is 0 Å². The first kappa shape index (κ1) is 20.7. The highest BCUT2D eigenvalue weighted by molar-refractivity contribution is 5.91. The van der Waals surface area contributed by atoms with Gasteiger partial charge in [-0.25, -0.2) is 9.67 Å². The van der Waals surface area contributed by atoms with Crippen LogP contribution in [0.5, 0.6) is 5.88 Å². The van der Waals surface area contributed by atoms with Crippen LogP contribution in [0, 0.1) is 0 Å². The summed E-state index contributed by atoms with van der Waals surface area (Å²) in [4.78, 5) is 8.71. The van der Waals surface area contributed by atoms with E-state index in [2.05, 4.69) is 49.9 Å². The Labute approximate surface area is 191 Å². The highest BCUT2D eigenvalue weighted by Gasteiger charge is 2.12. The molecule has 1 N–H and O–H groups in total. The molecule has 0 aliphatic heterocycles. The van der Waals surface area contributed by atoms with Gasteiger partial charge < -0.3 is 10.1 Å². The molecule has 0 aliphatic carbocycles. The summed E-state index contributed by atoms with van der Waals surface area (Å²) < 4.78 is 7.61. The molecular formula is C25H23N7O. The molecule has 2 aromatic carbocycles. The van der Waals surface area contributed by atoms with Gasteiger partial charge in [-0.3, -0.25) is 4.98 Å². The molecule has 0 aliphatic rings. The number of nitrogens with zero attached hydrogens (tertiary/aromatic N) is 6. The van der Waals surface area contributed by atoms with E-state index in [9.17, 15) is 0 Å². The fourth-order valence-electron chi connectivity index (χ4n) is 3.60. The third-order valence-corrected chi connectivity index (χ3v) is 5.23. The molecule has 5 aromatic rings. The molecule has 0 spiro atoms. The number of benzene rings is 2. The van der Waals surface area contributed by atoms with Gasteiger partial charge in [0.15, 0.2) is 5.82 Å². The number of pyridine rings is 1. The Hall–Kier alpha value is -4.17. The summed E-state index contributed by atoms with van der Waals surface area (Å²) in [6, 6.07) is 24.2. The number of rotatable bonds is 9. The van der Waals surface area contributed by atoms with Crippen LogP contribution < -0.4 is 10.1 Å². The largest absolute Gasteiger partial charge is 0.470 e. The second-order valence-electron chi connectivity index (χ2n) is 7.54. The number of nitrogens with one attached hydrogen (secondary N) is 1. The monoisotopic (exact) mass is 437 g/mol. The van der Waals surface area contributed by atoms with Gasteiger partial charge >= 0.3 is 0 Å². The minimum Gasteiger partial charge on any atom is -0.470 e. The summed E-state index contributed by atoms with van der Waals surface area (Å²) in [6.45, 7) is 1.90. The zero-order chi connectivity index (χ0) is 22.3. The number of fused-ring (bicyclic) bond motifs is 1. The summed E-state index contributed by atoms with van der Waals surface area (Å²) in [5, 5.41) is 18.0. The topological polar surface area (TPSA) is 90.6 Å². The average molecular weight is 438 g/mol. The van der Waals surface area contributed by atoms with Crippen molar-refractivity contribution in [1.29, 1.82) is 0 Å². The first-order valence-corrected chi connectivity index (χ1v) is 10.8. The van der Waals surface area contributed by atoms with Crippen LogP contribution in [0.3, 0.4) is 0 Å². The summed E-state index contributed by atoms with van der Waals surface area (Å²) in [6.07, 6.45) is 4.05. The maximum atomic E-state index is 6.01. The summed E-state index contributed by atoms with van der Waals surface area (Å²) in [7, 11) is 0. The molecule has 3 heterocycles. The Morgan fingerprint density at radius 3 is 2.48 bits per heavy atom. The summed E-state index contributed by atoms with van der Waals surface area (Å²) in [5.74, 6) is 1.07. The van der Waals surface area contributed by atoms with Crippen molar-refractivity contribution >= 4 is 10.8 Å². The number of hydrogen-bond acceptors (Lipinski definition) is 7. The Balaban J connectivity index is 1.23. The average Bonchev–Trinajstić information content (AvgIpc) is 3.41. The van der Waals surface area contributed by atoms with E-state index in [1.165, 1.54) is 11.9 Å². The van der Waals surface area contributed by atoms with Crippen LogP contribution in [-0.4, -0.2) is 36.5 Å². The molecule has 8 nitrogen and oxygen atoms in total. The molecule has 0 amide bonds. The second kappa shape index (κ2) is 9.97. The van der Waals surface area contributed by atoms with E-state index < -0.39 is 0 Å². The van der Waals surface area contributed by atoms with Crippen molar-refractivity contribution in [2.24, 2.45) is 0 Å². The summed E-state index contributed by atoms with van der Waals surface area (Å²) in [5.41, 5.74) is 3.13. The van der Waals surface area contributed by atoms with Crippen molar-refractivity contribution in [3.63, 3.8) is 0 Å². The van der Waals surface area contributed by atoms with E-state index in [0.29, 0.717) is 24.8 Å². The van der Waals surface area contributed by atoms with Gasteiger partial charge in [0.1, 0.15) is 19.3 Å². The molecule has 0 saturated carbocycles. The van der Waals surface area contributed by atoms with Gasteiger partial charge in [-0.05, 0) is 36.7 Å². The molecule has 164 valence electrons. The van der Waals surface area contributed by atoms with Crippen molar-refractivity contribution in [3.8, 4) is 11.7 Å². The van der Waals surface area contributed by atoms with Crippen LogP contribution in [0.15, 0.2) is 85.5 Å². The van der Waals surface area contributed by atoms with Gasteiger partial charge in [-0.15, -0.1) is 10.2 Å². The van der Waals surface area contributed by atoms with E-state index in [4.69, 9.17) is 9.72 Å². The van der Waals surface area contributed by atoms with Gasteiger partial charge in [0.25, 0.3) is 0 Å². The van der Waals surface area contributed by atoms with E-state index >= 15 is 0 Å². The minimum atomic E-state index is 0.305. The highest BCUT2D eigenvalue weighted by atomic mass is 16.5. The molecule has 0 saturated heterocycles. The molecular weight excluding hydrogens is 414 g/mol. The van der Waals surface area contributed by atoms with Crippen LogP contribution in [0.4, 0.5) is 0 Å². The lowest BCUT2D eigenvalue weighted by Gasteiger charge is -2.11. The van der Waals surface area contributed by atoms with Crippen LogP contribution in [0.1, 0.15) is 17.0 Å². The van der Waals surface area contributed by atoms with Gasteiger partial charge in [-0.1, -0.05) is 54.6 Å². The standard InChI is InChI=1S/C25H23N7O/c1-2-7-19(8-3-1)13-14-26-15-20-9-6-10-21(29-20)16-33-25-23-12-5-4-11-22(23)24(30-31-25)32-18-27-17-28-32/h1-12,17-18,26H,13-16H2. The SMILES string of the molecule is c1ccc(CCNCc2cccc(COc3nnc(-n4cncn4)c4ccccc34)n2)cc1. The van der Waals surface area contributed by atoms with Crippen LogP contribution in [0.25, 0.3) is 16.6 Å². The Morgan fingerprint density at radius 1 is 0.818 bits per heavy atom. The molecule has 0 fully saturated rings. The van der Waals surface area contributed by atoms with Crippen LogP contribution in [-0.2, 0) is 19.6 Å². The third kappa shape index (κ3) is 5.02. The van der Waals surface area contributed by atoms with Crippen molar-refractivity contribution in [1.82, 2.24) is 35.3 Å². The fourth-order valence-corrected chi connectivity index (χ4v) is 3.60. The smallest absolute Gasteiger partial charge is 0.241 e. The number of hydrogen-bond donors (Lipinski definition) is 1. The molecule has 0 radical (unpaired) electrons. The Morgan fingerprint density at radius 2 is 1.64 bits per heavy atom. The zero-order valence-corrected chi connectivity index (χ0v) is 18.0. The van der Waals surface area contributed by atoms with Gasteiger partial charge in [-0.2, -0.15) is 5.10 Å². The molecule has 0 unspecified atom stereocenters. The van der Waals surface area contributed by atoms with Crippen molar-refractivity contribution < 1.29 is 4.74 Å². The van der Waals surface area contributed by atoms with Crippen molar-refractivity contribution in [2.45, 2.75) is 19.6 Å². The Kier molecular flexibility index (Phi) is 6.26. The quantitative estimate of drug-likeness (QED) is 0.353. The first-order chi connectivity index (χ1) is 16.4. The molecule has 8 heteroatoms. The lowest BCUT2D eigenvalue weighted by molar-refractivity contribution is 0.289. The predicted octanol–water partition coefficient (Wildman–Crippen LogP) is 3.52. The van der Waals surface area contributed by atoms with E-state index in [1.54, 1.807) is 11.0 Å². The zero-order valence-electron chi connectivity index (χ0n) is 18.0. The molecule has 5 rings (SSSR count). The number of ether oxygens (including phenoxy) is 1. The van der Waals surface area contributed by atoms with Crippen LogP contribution in [0.2, 0.25) is 0 Å². The maximum absolute atomic E-state index is 6.01. The van der Waals surface area contributed by atoms with Crippen molar-refractivity contribution in [2.75, 3.05) is 6.54 Å². The third-order valence-electron chi connectivity index (χ3n) is 5.23. The normalized spacial score (nSPS) is 11.0. The second-order valence-corrected chi connectivity index (χ2v) is 7.54. The summed E-state index contributed by atoms with van der Waals surface area (Å²) >= 11 is 0. The molecule has 3 aromatic heterocycles. The van der Waals surface area contributed by atoms with Crippen molar-refractivity contribution in [3.05, 3.63) is 102 Å². The lowest BCUT2D eigenvalue weighted by Crippen LogP contribution is -2.17. The van der Waals surface area contributed by atoms with E-state index in [-0.39, 0.29) is 0 Å². The fraction of sp³-hybridized carbons (Fsp3) is 0.160. The van der Waals surface area contributed by atoms with Gasteiger partial charge in [0.2, 0.25) is 5.88 Å². The predicted molar refractivity (Wildman–Crippen MR) is 125 cm³/mol. The number of aromatic nitrogens is 6. The van der Waals surface area contributed by atoms with E-state index in [1.807, 2.05) is 48.5 Å². The van der Waals surface area contributed by atoms with E-state index in [0.717, 1.165) is 35.1 Å². The molecule has 0 bridgehead atoms. The van der Waals surface area contributed by atoms with Gasteiger partial charge in [0.05, 0.1) is 11.4 Å². The maximum Gasteiger partial charge on any atom is 0.241 e. The lowest BCUT2D eigenvalue weighted by atomic mass is 10.1. The molecule has 33 heavy (non-hydrogen) atoms.